The number of aromatic nitrogens is 2. The predicted octanol–water partition coefficient (Wildman–Crippen LogP) is 3.29. The molecule has 20 heavy (non-hydrogen) atoms. The molecule has 0 aromatic carbocycles. The van der Waals surface area contributed by atoms with Gasteiger partial charge in [0.05, 0.1) is 5.92 Å². The molecule has 0 aliphatic heterocycles. The zero-order valence-corrected chi connectivity index (χ0v) is 13.9. The van der Waals surface area contributed by atoms with Crippen molar-refractivity contribution < 1.29 is 9.26 Å². The number of methoxy groups -OCH3 is 1. The highest BCUT2D eigenvalue weighted by Gasteiger charge is 2.32. The maximum absolute atomic E-state index is 5.53. The van der Waals surface area contributed by atoms with Crippen molar-refractivity contribution in [1.29, 1.82) is 0 Å². The Morgan fingerprint density at radius 1 is 1.30 bits per heavy atom. The quantitative estimate of drug-likeness (QED) is 0.832. The molecule has 1 N–H and O–H groups in total. The first kappa shape index (κ1) is 17.1. The summed E-state index contributed by atoms with van der Waals surface area (Å²) in [6.07, 6.45) is 0.867. The molecule has 1 aromatic rings. The molecule has 0 aliphatic carbocycles. The van der Waals surface area contributed by atoms with E-state index < -0.39 is 0 Å². The monoisotopic (exact) mass is 283 g/mol. The highest BCUT2D eigenvalue weighted by Crippen LogP contribution is 2.34. The van der Waals surface area contributed by atoms with Gasteiger partial charge >= 0.3 is 0 Å². The molecule has 0 amide bonds. The molecule has 3 atom stereocenters. The molecule has 116 valence electrons. The number of nitrogens with one attached hydrogen (secondary N) is 1. The molecule has 5 nitrogen and oxygen atoms in total. The van der Waals surface area contributed by atoms with Crippen LogP contribution in [-0.4, -0.2) is 29.8 Å². The van der Waals surface area contributed by atoms with E-state index in [1.165, 1.54) is 0 Å². The average molecular weight is 283 g/mol. The summed E-state index contributed by atoms with van der Waals surface area (Å²) in [6.45, 7) is 13.6. The van der Waals surface area contributed by atoms with Crippen molar-refractivity contribution in [3.05, 3.63) is 11.7 Å². The Hall–Kier alpha value is -0.940. The fraction of sp³-hybridized carbons (Fsp3) is 0.867. The molecule has 1 rings (SSSR count). The zero-order chi connectivity index (χ0) is 15.3. The van der Waals surface area contributed by atoms with Crippen molar-refractivity contribution in [2.75, 3.05) is 13.7 Å². The fourth-order valence-corrected chi connectivity index (χ4v) is 2.49. The molecule has 1 heterocycles. The Balaban J connectivity index is 2.90. The highest BCUT2D eigenvalue weighted by atomic mass is 16.5. The van der Waals surface area contributed by atoms with Crippen molar-refractivity contribution in [2.24, 2.45) is 5.41 Å². The zero-order valence-electron chi connectivity index (χ0n) is 13.9. The van der Waals surface area contributed by atoms with Gasteiger partial charge in [0.25, 0.3) is 0 Å². The summed E-state index contributed by atoms with van der Waals surface area (Å²) in [5.74, 6) is 1.51. The molecule has 0 aliphatic rings. The molecule has 0 bridgehead atoms. The van der Waals surface area contributed by atoms with E-state index in [2.05, 4.69) is 57.0 Å². The van der Waals surface area contributed by atoms with Gasteiger partial charge < -0.3 is 14.6 Å². The van der Waals surface area contributed by atoms with E-state index in [0.29, 0.717) is 17.8 Å². The third kappa shape index (κ3) is 4.03. The second-order valence-corrected chi connectivity index (χ2v) is 6.33. The number of rotatable bonds is 7. The van der Waals surface area contributed by atoms with Gasteiger partial charge in [-0.15, -0.1) is 0 Å². The van der Waals surface area contributed by atoms with Gasteiger partial charge in [0, 0.05) is 13.2 Å². The largest absolute Gasteiger partial charge is 0.373 e. The first-order valence-electron chi connectivity index (χ1n) is 7.44. The van der Waals surface area contributed by atoms with E-state index in [4.69, 9.17) is 9.26 Å². The van der Waals surface area contributed by atoms with Crippen LogP contribution in [0.4, 0.5) is 0 Å². The molecule has 3 unspecified atom stereocenters. The minimum absolute atomic E-state index is 0.0645. The van der Waals surface area contributed by atoms with Gasteiger partial charge in [-0.25, -0.2) is 0 Å². The summed E-state index contributed by atoms with van der Waals surface area (Å²) in [6, 6.07) is 0.351. The molecular weight excluding hydrogens is 254 g/mol. The molecular formula is C15H29N3O2. The lowest BCUT2D eigenvalue weighted by molar-refractivity contribution is 0.00718. The summed E-state index contributed by atoms with van der Waals surface area (Å²) in [4.78, 5) is 4.56. The van der Waals surface area contributed by atoms with Crippen molar-refractivity contribution in [2.45, 2.75) is 66.0 Å². The third-order valence-corrected chi connectivity index (χ3v) is 3.61. The van der Waals surface area contributed by atoms with E-state index in [9.17, 15) is 0 Å². The number of nitrogens with zero attached hydrogens (tertiary/aromatic N) is 2. The summed E-state index contributed by atoms with van der Waals surface area (Å²) in [5.41, 5.74) is -0.0645. The van der Waals surface area contributed by atoms with Crippen molar-refractivity contribution in [1.82, 2.24) is 15.5 Å². The summed E-state index contributed by atoms with van der Waals surface area (Å²) < 4.78 is 11.0. The van der Waals surface area contributed by atoms with Crippen LogP contribution in [0.5, 0.6) is 0 Å². The fourth-order valence-electron chi connectivity index (χ4n) is 2.49. The lowest BCUT2D eigenvalue weighted by Crippen LogP contribution is -2.33. The van der Waals surface area contributed by atoms with Crippen LogP contribution in [0.3, 0.4) is 0 Å². The van der Waals surface area contributed by atoms with Crippen molar-refractivity contribution >= 4 is 0 Å². The van der Waals surface area contributed by atoms with Crippen LogP contribution in [-0.2, 0) is 4.74 Å². The Bertz CT molecular complexity index is 398. The van der Waals surface area contributed by atoms with Gasteiger partial charge in [0.15, 0.2) is 0 Å². The van der Waals surface area contributed by atoms with Gasteiger partial charge in [0.2, 0.25) is 11.7 Å². The van der Waals surface area contributed by atoms with Crippen LogP contribution in [0.25, 0.3) is 0 Å². The Morgan fingerprint density at radius 2 is 1.95 bits per heavy atom. The Morgan fingerprint density at radius 3 is 2.40 bits per heavy atom. The van der Waals surface area contributed by atoms with E-state index in [1.54, 1.807) is 7.11 Å². The average Bonchev–Trinajstić information content (AvgIpc) is 2.83. The Kier molecular flexibility index (Phi) is 6.14. The molecule has 0 radical (unpaired) electrons. The van der Waals surface area contributed by atoms with Gasteiger partial charge in [-0.3, -0.25) is 0 Å². The SMILES string of the molecule is CCNC(CC)C(C)c1nc(C(OC)C(C)(C)C)no1. The molecule has 0 saturated carbocycles. The normalized spacial score (nSPS) is 16.9. The van der Waals surface area contributed by atoms with E-state index in [-0.39, 0.29) is 17.4 Å². The van der Waals surface area contributed by atoms with Gasteiger partial charge in [-0.2, -0.15) is 4.98 Å². The van der Waals surface area contributed by atoms with Crippen LogP contribution in [0, 0.1) is 5.41 Å². The van der Waals surface area contributed by atoms with E-state index in [0.717, 1.165) is 13.0 Å². The van der Waals surface area contributed by atoms with Crippen LogP contribution in [0.15, 0.2) is 4.52 Å². The molecule has 1 aromatic heterocycles. The van der Waals surface area contributed by atoms with Crippen LogP contribution in [0.2, 0.25) is 0 Å². The summed E-state index contributed by atoms with van der Waals surface area (Å²) in [5, 5.41) is 7.57. The summed E-state index contributed by atoms with van der Waals surface area (Å²) in [7, 11) is 1.68. The smallest absolute Gasteiger partial charge is 0.231 e. The lowest BCUT2D eigenvalue weighted by atomic mass is 9.88. The number of hydrogen-bond donors (Lipinski definition) is 1. The molecule has 0 fully saturated rings. The Labute approximate surface area is 122 Å². The first-order chi connectivity index (χ1) is 9.35. The van der Waals surface area contributed by atoms with Crippen LogP contribution in [0.1, 0.15) is 71.7 Å². The predicted molar refractivity (Wildman–Crippen MR) is 79.7 cm³/mol. The second-order valence-electron chi connectivity index (χ2n) is 6.33. The number of ether oxygens (including phenoxy) is 1. The minimum atomic E-state index is -0.161. The van der Waals surface area contributed by atoms with E-state index in [1.807, 2.05) is 0 Å². The lowest BCUT2D eigenvalue weighted by Gasteiger charge is -2.26. The third-order valence-electron chi connectivity index (χ3n) is 3.61. The molecule has 5 heteroatoms. The van der Waals surface area contributed by atoms with Crippen molar-refractivity contribution in [3.63, 3.8) is 0 Å². The standard InChI is InChI=1S/C15H29N3O2/c1-8-11(16-9-2)10(3)14-17-13(18-20-14)12(19-7)15(4,5)6/h10-12,16H,8-9H2,1-7H3. The maximum Gasteiger partial charge on any atom is 0.231 e. The molecule has 0 spiro atoms. The topological polar surface area (TPSA) is 60.2 Å². The second kappa shape index (κ2) is 7.18. The maximum atomic E-state index is 5.53. The number of hydrogen-bond acceptors (Lipinski definition) is 5. The van der Waals surface area contributed by atoms with Crippen molar-refractivity contribution in [3.8, 4) is 0 Å². The molecule has 0 saturated heterocycles. The minimum Gasteiger partial charge on any atom is -0.373 e. The van der Waals surface area contributed by atoms with Gasteiger partial charge in [-0.1, -0.05) is 46.7 Å². The highest BCUT2D eigenvalue weighted by molar-refractivity contribution is 5.01. The van der Waals surface area contributed by atoms with Crippen LogP contribution < -0.4 is 5.32 Å². The summed E-state index contributed by atoms with van der Waals surface area (Å²) >= 11 is 0. The number of likely N-dealkylation sites (N-methyl/N-ethyl adjacent to an activating group) is 1. The van der Waals surface area contributed by atoms with Gasteiger partial charge in [0.1, 0.15) is 6.10 Å². The first-order valence-corrected chi connectivity index (χ1v) is 7.44. The van der Waals surface area contributed by atoms with E-state index >= 15 is 0 Å². The van der Waals surface area contributed by atoms with Crippen LogP contribution >= 0.6 is 0 Å². The van der Waals surface area contributed by atoms with Gasteiger partial charge in [-0.05, 0) is 18.4 Å².